The van der Waals surface area contributed by atoms with E-state index in [-0.39, 0.29) is 17.9 Å². The van der Waals surface area contributed by atoms with E-state index in [0.717, 1.165) is 11.1 Å². The van der Waals surface area contributed by atoms with Crippen molar-refractivity contribution >= 4 is 11.8 Å². The molecule has 0 unspecified atom stereocenters. The summed E-state index contributed by atoms with van der Waals surface area (Å²) in [7, 11) is 3.34. The number of carbonyl (C=O) groups is 2. The number of aromatic nitrogens is 2. The molecule has 1 N–H and O–H groups in total. The van der Waals surface area contributed by atoms with Crippen LogP contribution in [-0.2, 0) is 11.3 Å². The van der Waals surface area contributed by atoms with Gasteiger partial charge in [-0.1, -0.05) is 36.4 Å². The summed E-state index contributed by atoms with van der Waals surface area (Å²) >= 11 is 0. The maximum absolute atomic E-state index is 13.3. The highest BCUT2D eigenvalue weighted by Gasteiger charge is 2.40. The normalized spacial score (nSPS) is 18.7. The fourth-order valence-corrected chi connectivity index (χ4v) is 4.09. The maximum Gasteiger partial charge on any atom is 0.252 e. The van der Waals surface area contributed by atoms with Gasteiger partial charge in [0.15, 0.2) is 0 Å². The first-order valence-electron chi connectivity index (χ1n) is 10.8. The summed E-state index contributed by atoms with van der Waals surface area (Å²) in [5.41, 5.74) is 2.38. The molecule has 0 spiro atoms. The van der Waals surface area contributed by atoms with Gasteiger partial charge in [-0.15, -0.1) is 0 Å². The van der Waals surface area contributed by atoms with E-state index >= 15 is 0 Å². The molecule has 2 aromatic heterocycles. The van der Waals surface area contributed by atoms with Crippen LogP contribution in [0.15, 0.2) is 73.2 Å². The molecular formula is C25H27N5O3. The number of carbonyl (C=O) groups excluding carboxylic acids is 2. The lowest BCUT2D eigenvalue weighted by Gasteiger charge is -2.45. The van der Waals surface area contributed by atoms with Gasteiger partial charge in [0.25, 0.3) is 5.91 Å². The van der Waals surface area contributed by atoms with E-state index in [1.807, 2.05) is 55.7 Å². The number of ether oxygens (including phenoxy) is 1. The number of pyridine rings is 2. The van der Waals surface area contributed by atoms with Gasteiger partial charge in [-0.05, 0) is 23.3 Å². The van der Waals surface area contributed by atoms with Crippen LogP contribution in [0.4, 0.5) is 0 Å². The summed E-state index contributed by atoms with van der Waals surface area (Å²) in [4.78, 5) is 38.2. The third-order valence-corrected chi connectivity index (χ3v) is 5.80. The summed E-state index contributed by atoms with van der Waals surface area (Å²) in [6, 6.07) is 16.4. The van der Waals surface area contributed by atoms with Crippen molar-refractivity contribution in [2.75, 3.05) is 27.2 Å². The van der Waals surface area contributed by atoms with Crippen LogP contribution in [0.3, 0.4) is 0 Å². The average molecular weight is 446 g/mol. The Morgan fingerprint density at radius 1 is 1.12 bits per heavy atom. The number of hydrogen-bond acceptors (Lipinski definition) is 6. The predicted molar refractivity (Wildman–Crippen MR) is 124 cm³/mol. The van der Waals surface area contributed by atoms with Crippen molar-refractivity contribution in [3.8, 4) is 5.88 Å². The second-order valence-electron chi connectivity index (χ2n) is 8.02. The Bertz CT molecular complexity index is 1080. The molecule has 1 fully saturated rings. The van der Waals surface area contributed by atoms with Gasteiger partial charge in [-0.2, -0.15) is 0 Å². The lowest BCUT2D eigenvalue weighted by molar-refractivity contribution is -0.144. The fraction of sp³-hybridized carbons (Fsp3) is 0.280. The molecule has 0 saturated carbocycles. The third kappa shape index (κ3) is 5.18. The van der Waals surface area contributed by atoms with Gasteiger partial charge < -0.3 is 15.0 Å². The first kappa shape index (κ1) is 22.4. The summed E-state index contributed by atoms with van der Waals surface area (Å²) in [5.74, 6) is 0.265. The number of hydrogen-bond donors (Lipinski definition) is 1. The molecule has 8 nitrogen and oxygen atoms in total. The van der Waals surface area contributed by atoms with E-state index in [1.165, 1.54) is 13.3 Å². The molecule has 1 aromatic carbocycles. The second kappa shape index (κ2) is 10.2. The lowest BCUT2D eigenvalue weighted by Crippen LogP contribution is -2.59. The molecule has 0 aliphatic carbocycles. The van der Waals surface area contributed by atoms with Crippen LogP contribution in [0.25, 0.3) is 0 Å². The summed E-state index contributed by atoms with van der Waals surface area (Å²) in [6.45, 7) is 1.42. The van der Waals surface area contributed by atoms with Gasteiger partial charge >= 0.3 is 0 Å². The van der Waals surface area contributed by atoms with Gasteiger partial charge in [0.05, 0.1) is 12.7 Å². The molecule has 3 aromatic rings. The Balaban J connectivity index is 1.58. The number of methoxy groups -OCH3 is 1. The van der Waals surface area contributed by atoms with Crippen molar-refractivity contribution in [1.82, 2.24) is 25.1 Å². The smallest absolute Gasteiger partial charge is 0.252 e. The highest BCUT2D eigenvalue weighted by atomic mass is 16.5. The predicted octanol–water partition coefficient (Wildman–Crippen LogP) is 2.30. The average Bonchev–Trinajstić information content (AvgIpc) is 2.86. The summed E-state index contributed by atoms with van der Waals surface area (Å²) in [5, 5.41) is 3.01. The van der Waals surface area contributed by atoms with Crippen molar-refractivity contribution in [2.45, 2.75) is 18.6 Å². The van der Waals surface area contributed by atoms with Gasteiger partial charge in [0, 0.05) is 57.4 Å². The Hall–Kier alpha value is -3.78. The number of nitrogens with one attached hydrogen (secondary N) is 1. The van der Waals surface area contributed by atoms with Crippen molar-refractivity contribution in [2.24, 2.45) is 0 Å². The van der Waals surface area contributed by atoms with Crippen molar-refractivity contribution in [3.63, 3.8) is 0 Å². The van der Waals surface area contributed by atoms with Crippen molar-refractivity contribution in [3.05, 3.63) is 89.9 Å². The van der Waals surface area contributed by atoms with E-state index in [4.69, 9.17) is 4.74 Å². The highest BCUT2D eigenvalue weighted by molar-refractivity contribution is 5.94. The SMILES string of the molecule is COc1ccc(C(=O)NC[C@@H]2CN(C)C(=O)[C@H](c3ccccc3)N2Cc2cccnc2)cn1. The molecular weight excluding hydrogens is 418 g/mol. The fourth-order valence-electron chi connectivity index (χ4n) is 4.09. The monoisotopic (exact) mass is 445 g/mol. The number of benzene rings is 1. The number of rotatable bonds is 7. The molecule has 1 aliphatic heterocycles. The quantitative estimate of drug-likeness (QED) is 0.601. The molecule has 0 bridgehead atoms. The molecule has 33 heavy (non-hydrogen) atoms. The molecule has 8 heteroatoms. The molecule has 1 aliphatic rings. The summed E-state index contributed by atoms with van der Waals surface area (Å²) < 4.78 is 5.06. The Morgan fingerprint density at radius 2 is 1.94 bits per heavy atom. The molecule has 2 amide bonds. The first-order chi connectivity index (χ1) is 16.1. The minimum atomic E-state index is -0.449. The van der Waals surface area contributed by atoms with Crippen LogP contribution < -0.4 is 10.1 Å². The number of nitrogens with zero attached hydrogens (tertiary/aromatic N) is 4. The number of piperazine rings is 1. The lowest BCUT2D eigenvalue weighted by atomic mass is 9.97. The van der Waals surface area contributed by atoms with Gasteiger partial charge in [-0.3, -0.25) is 19.5 Å². The molecule has 4 rings (SSSR count). The van der Waals surface area contributed by atoms with Crippen LogP contribution in [-0.4, -0.2) is 64.9 Å². The zero-order chi connectivity index (χ0) is 23.2. The van der Waals surface area contributed by atoms with Crippen LogP contribution in [0.2, 0.25) is 0 Å². The van der Waals surface area contributed by atoms with Crippen LogP contribution >= 0.6 is 0 Å². The zero-order valence-corrected chi connectivity index (χ0v) is 18.7. The van der Waals surface area contributed by atoms with Crippen LogP contribution in [0, 0.1) is 0 Å². The highest BCUT2D eigenvalue weighted by Crippen LogP contribution is 2.31. The Labute approximate surface area is 193 Å². The topological polar surface area (TPSA) is 87.7 Å². The first-order valence-corrected chi connectivity index (χ1v) is 10.8. The minimum absolute atomic E-state index is 0.0343. The molecule has 0 radical (unpaired) electrons. The maximum atomic E-state index is 13.3. The zero-order valence-electron chi connectivity index (χ0n) is 18.7. The van der Waals surface area contributed by atoms with E-state index in [1.54, 1.807) is 23.2 Å². The van der Waals surface area contributed by atoms with Crippen molar-refractivity contribution < 1.29 is 14.3 Å². The van der Waals surface area contributed by atoms with Crippen molar-refractivity contribution in [1.29, 1.82) is 0 Å². The van der Waals surface area contributed by atoms with E-state index in [2.05, 4.69) is 20.2 Å². The molecule has 1 saturated heterocycles. The molecule has 2 atom stereocenters. The number of amides is 2. The third-order valence-electron chi connectivity index (χ3n) is 5.80. The minimum Gasteiger partial charge on any atom is -0.481 e. The van der Waals surface area contributed by atoms with Crippen LogP contribution in [0.5, 0.6) is 5.88 Å². The second-order valence-corrected chi connectivity index (χ2v) is 8.02. The van der Waals surface area contributed by atoms with Gasteiger partial charge in [0.2, 0.25) is 11.8 Å². The molecule has 3 heterocycles. The largest absolute Gasteiger partial charge is 0.481 e. The van der Waals surface area contributed by atoms with E-state index < -0.39 is 6.04 Å². The standard InChI is InChI=1S/C25H27N5O3/c1-29-17-21(15-28-24(31)20-10-11-22(33-2)27-14-20)30(16-18-7-6-12-26-13-18)23(25(29)32)19-8-4-3-5-9-19/h3-14,21,23H,15-17H2,1-2H3,(H,28,31)/t21-,23+/m1/s1. The summed E-state index contributed by atoms with van der Waals surface area (Å²) in [6.07, 6.45) is 5.03. The van der Waals surface area contributed by atoms with E-state index in [9.17, 15) is 9.59 Å². The number of likely N-dealkylation sites (N-methyl/N-ethyl adjacent to an activating group) is 1. The van der Waals surface area contributed by atoms with Crippen LogP contribution in [0.1, 0.15) is 27.5 Å². The Morgan fingerprint density at radius 3 is 2.61 bits per heavy atom. The molecule has 170 valence electrons. The van der Waals surface area contributed by atoms with E-state index in [0.29, 0.717) is 31.1 Å². The van der Waals surface area contributed by atoms with Gasteiger partial charge in [0.1, 0.15) is 6.04 Å². The Kier molecular flexibility index (Phi) is 6.95. The van der Waals surface area contributed by atoms with Gasteiger partial charge in [-0.25, -0.2) is 4.98 Å².